The summed E-state index contributed by atoms with van der Waals surface area (Å²) >= 11 is 7.61. The first-order chi connectivity index (χ1) is 9.37. The minimum absolute atomic E-state index is 0.180. The summed E-state index contributed by atoms with van der Waals surface area (Å²) in [5.74, 6) is -0.801. The van der Waals surface area contributed by atoms with Crippen LogP contribution in [0.2, 0.25) is 5.02 Å². The summed E-state index contributed by atoms with van der Waals surface area (Å²) in [5, 5.41) is 13.4. The van der Waals surface area contributed by atoms with Gasteiger partial charge in [0.2, 0.25) is 0 Å². The number of nitrogens with one attached hydrogen (secondary N) is 1. The fourth-order valence-corrected chi connectivity index (χ4v) is 3.51. The van der Waals surface area contributed by atoms with Crippen LogP contribution in [0.1, 0.15) is 33.6 Å². The zero-order chi connectivity index (χ0) is 15.2. The molecule has 5 heteroatoms. The third-order valence-electron chi connectivity index (χ3n) is 3.07. The van der Waals surface area contributed by atoms with Crippen molar-refractivity contribution in [1.29, 1.82) is 0 Å². The second kappa shape index (κ2) is 7.91. The van der Waals surface area contributed by atoms with Crippen molar-refractivity contribution in [2.75, 3.05) is 6.54 Å². The Kier molecular flexibility index (Phi) is 6.86. The minimum atomic E-state index is -0.888. The quantitative estimate of drug-likeness (QED) is 0.710. The molecule has 2 atom stereocenters. The van der Waals surface area contributed by atoms with Gasteiger partial charge >= 0.3 is 5.97 Å². The van der Waals surface area contributed by atoms with Crippen molar-refractivity contribution >= 4 is 29.3 Å². The molecule has 0 radical (unpaired) electrons. The first-order valence-electron chi connectivity index (χ1n) is 6.78. The highest BCUT2D eigenvalue weighted by Crippen LogP contribution is 2.30. The summed E-state index contributed by atoms with van der Waals surface area (Å²) in [5.41, 5.74) is -0.888. The van der Waals surface area contributed by atoms with Crippen LogP contribution in [-0.2, 0) is 4.79 Å². The number of halogens is 1. The van der Waals surface area contributed by atoms with Gasteiger partial charge in [-0.05, 0) is 44.5 Å². The third kappa shape index (κ3) is 5.35. The predicted octanol–water partition coefficient (Wildman–Crippen LogP) is 4.05. The van der Waals surface area contributed by atoms with Crippen LogP contribution in [0.3, 0.4) is 0 Å². The van der Waals surface area contributed by atoms with Gasteiger partial charge in [0.15, 0.2) is 0 Å². The Morgan fingerprint density at radius 3 is 2.80 bits per heavy atom. The van der Waals surface area contributed by atoms with Gasteiger partial charge in [0.1, 0.15) is 5.54 Å². The maximum absolute atomic E-state index is 11.5. The van der Waals surface area contributed by atoms with Gasteiger partial charge in [-0.2, -0.15) is 0 Å². The van der Waals surface area contributed by atoms with Crippen LogP contribution in [-0.4, -0.2) is 28.4 Å². The first kappa shape index (κ1) is 17.3. The van der Waals surface area contributed by atoms with E-state index in [2.05, 4.69) is 5.32 Å². The molecule has 2 unspecified atom stereocenters. The molecule has 0 fully saturated rings. The number of hydrogen-bond acceptors (Lipinski definition) is 3. The van der Waals surface area contributed by atoms with Crippen molar-refractivity contribution in [2.24, 2.45) is 0 Å². The summed E-state index contributed by atoms with van der Waals surface area (Å²) in [4.78, 5) is 12.5. The van der Waals surface area contributed by atoms with Crippen molar-refractivity contribution in [1.82, 2.24) is 5.32 Å². The predicted molar refractivity (Wildman–Crippen MR) is 85.7 cm³/mol. The lowest BCUT2D eigenvalue weighted by molar-refractivity contribution is -0.144. The van der Waals surface area contributed by atoms with Gasteiger partial charge in [0.25, 0.3) is 0 Å². The number of aliphatic carboxylic acids is 1. The molecular weight excluding hydrogens is 294 g/mol. The highest BCUT2D eigenvalue weighted by Gasteiger charge is 2.34. The van der Waals surface area contributed by atoms with E-state index in [0.29, 0.717) is 18.0 Å². The zero-order valence-electron chi connectivity index (χ0n) is 12.1. The van der Waals surface area contributed by atoms with Gasteiger partial charge in [0.05, 0.1) is 0 Å². The molecule has 3 nitrogen and oxygen atoms in total. The van der Waals surface area contributed by atoms with E-state index in [0.717, 1.165) is 11.3 Å². The summed E-state index contributed by atoms with van der Waals surface area (Å²) in [6, 6.07) is 7.63. The summed E-state index contributed by atoms with van der Waals surface area (Å²) in [6.07, 6.45) is 1.47. The number of rotatable bonds is 8. The molecule has 0 bridgehead atoms. The van der Waals surface area contributed by atoms with Crippen molar-refractivity contribution in [2.45, 2.75) is 49.3 Å². The van der Waals surface area contributed by atoms with Crippen LogP contribution in [0.15, 0.2) is 29.2 Å². The Morgan fingerprint density at radius 1 is 1.55 bits per heavy atom. The Labute approximate surface area is 130 Å². The van der Waals surface area contributed by atoms with E-state index >= 15 is 0 Å². The Hall–Kier alpha value is -0.710. The van der Waals surface area contributed by atoms with Crippen molar-refractivity contribution < 1.29 is 9.90 Å². The molecule has 0 aliphatic heterocycles. The van der Waals surface area contributed by atoms with Crippen LogP contribution in [0.5, 0.6) is 0 Å². The van der Waals surface area contributed by atoms with Gasteiger partial charge in [-0.1, -0.05) is 31.5 Å². The lowest BCUT2D eigenvalue weighted by atomic mass is 9.96. The van der Waals surface area contributed by atoms with Crippen LogP contribution in [0.4, 0.5) is 0 Å². The van der Waals surface area contributed by atoms with Crippen LogP contribution < -0.4 is 5.32 Å². The largest absolute Gasteiger partial charge is 0.480 e. The summed E-state index contributed by atoms with van der Waals surface area (Å²) in [6.45, 7) is 6.52. The first-order valence-corrected chi connectivity index (χ1v) is 8.04. The van der Waals surface area contributed by atoms with E-state index in [1.807, 2.05) is 38.1 Å². The third-order valence-corrected chi connectivity index (χ3v) is 4.40. The van der Waals surface area contributed by atoms with Crippen LogP contribution in [0.25, 0.3) is 0 Å². The fourth-order valence-electron chi connectivity index (χ4n) is 2.03. The number of benzene rings is 1. The molecule has 0 saturated heterocycles. The summed E-state index contributed by atoms with van der Waals surface area (Å²) < 4.78 is 0. The number of carboxylic acids is 1. The molecule has 0 spiro atoms. The van der Waals surface area contributed by atoms with Crippen LogP contribution in [0, 0.1) is 0 Å². The van der Waals surface area contributed by atoms with E-state index in [-0.39, 0.29) is 5.25 Å². The lowest BCUT2D eigenvalue weighted by Gasteiger charge is -2.29. The molecule has 0 amide bonds. The number of thioether (sulfide) groups is 1. The second-order valence-electron chi connectivity index (χ2n) is 5.15. The van der Waals surface area contributed by atoms with E-state index in [9.17, 15) is 9.90 Å². The Bertz CT molecular complexity index is 455. The standard InChI is InChI=1S/C15H22ClNO2S/c1-4-8-17-15(3,14(18)19)10-11(2)20-13-7-5-6-12(16)9-13/h5-7,9,11,17H,4,8,10H2,1-3H3,(H,18,19). The fraction of sp³-hybridized carbons (Fsp3) is 0.533. The molecule has 1 rings (SSSR count). The van der Waals surface area contributed by atoms with Gasteiger partial charge in [0, 0.05) is 15.2 Å². The van der Waals surface area contributed by atoms with Gasteiger partial charge in [-0.15, -0.1) is 11.8 Å². The van der Waals surface area contributed by atoms with Gasteiger partial charge < -0.3 is 10.4 Å². The summed E-state index contributed by atoms with van der Waals surface area (Å²) in [7, 11) is 0. The van der Waals surface area contributed by atoms with Crippen molar-refractivity contribution in [3.05, 3.63) is 29.3 Å². The second-order valence-corrected chi connectivity index (χ2v) is 7.10. The smallest absolute Gasteiger partial charge is 0.323 e. The monoisotopic (exact) mass is 315 g/mol. The molecule has 0 aromatic heterocycles. The Balaban J connectivity index is 2.66. The molecule has 0 saturated carbocycles. The SMILES string of the molecule is CCCNC(C)(CC(C)Sc1cccc(Cl)c1)C(=O)O. The van der Waals surface area contributed by atoms with E-state index in [1.165, 1.54) is 0 Å². The number of carboxylic acid groups (broad SMARTS) is 1. The normalized spacial score (nSPS) is 15.6. The van der Waals surface area contributed by atoms with Crippen LogP contribution >= 0.6 is 23.4 Å². The zero-order valence-corrected chi connectivity index (χ0v) is 13.7. The van der Waals surface area contributed by atoms with Gasteiger partial charge in [-0.25, -0.2) is 0 Å². The highest BCUT2D eigenvalue weighted by molar-refractivity contribution is 8.00. The molecule has 0 aliphatic carbocycles. The molecule has 0 aliphatic rings. The Morgan fingerprint density at radius 2 is 2.25 bits per heavy atom. The molecule has 0 heterocycles. The number of carbonyl (C=O) groups is 1. The highest BCUT2D eigenvalue weighted by atomic mass is 35.5. The van der Waals surface area contributed by atoms with Crippen molar-refractivity contribution in [3.8, 4) is 0 Å². The molecule has 112 valence electrons. The average molecular weight is 316 g/mol. The topological polar surface area (TPSA) is 49.3 Å². The van der Waals surface area contributed by atoms with E-state index in [1.54, 1.807) is 18.7 Å². The number of hydrogen-bond donors (Lipinski definition) is 2. The molecular formula is C15H22ClNO2S. The minimum Gasteiger partial charge on any atom is -0.480 e. The molecule has 1 aromatic carbocycles. The van der Waals surface area contributed by atoms with E-state index in [4.69, 9.17) is 11.6 Å². The molecule has 1 aromatic rings. The van der Waals surface area contributed by atoms with E-state index < -0.39 is 11.5 Å². The maximum Gasteiger partial charge on any atom is 0.323 e. The maximum atomic E-state index is 11.5. The van der Waals surface area contributed by atoms with Gasteiger partial charge in [-0.3, -0.25) is 4.79 Å². The lowest BCUT2D eigenvalue weighted by Crippen LogP contribution is -2.51. The van der Waals surface area contributed by atoms with Crippen molar-refractivity contribution in [3.63, 3.8) is 0 Å². The average Bonchev–Trinajstić information content (AvgIpc) is 2.36. The molecule has 20 heavy (non-hydrogen) atoms. The molecule has 2 N–H and O–H groups in total.